The van der Waals surface area contributed by atoms with E-state index in [1.807, 2.05) is 24.3 Å². The average molecular weight is 229 g/mol. The molecule has 4 heteroatoms. The minimum absolute atomic E-state index is 0.309. The van der Waals surface area contributed by atoms with Crippen LogP contribution in [0.4, 0.5) is 11.4 Å². The zero-order valence-corrected chi connectivity index (χ0v) is 9.68. The maximum atomic E-state index is 7.02. The van der Waals surface area contributed by atoms with Gasteiger partial charge in [-0.25, -0.2) is 5.53 Å². The molecule has 4 nitrogen and oxygen atoms in total. The number of rotatable bonds is 4. The lowest BCUT2D eigenvalue weighted by Gasteiger charge is -2.17. The van der Waals surface area contributed by atoms with Crippen LogP contribution in [0.2, 0.25) is 0 Å². The van der Waals surface area contributed by atoms with Gasteiger partial charge in [-0.15, -0.1) is 0 Å². The third-order valence-electron chi connectivity index (χ3n) is 2.63. The van der Waals surface area contributed by atoms with Crippen molar-refractivity contribution in [2.45, 2.75) is 12.5 Å². The minimum atomic E-state index is 0.309. The monoisotopic (exact) mass is 229 g/mol. The topological polar surface area (TPSA) is 57.5 Å². The van der Waals surface area contributed by atoms with Gasteiger partial charge in [0.25, 0.3) is 0 Å². The fourth-order valence-electron chi connectivity index (χ4n) is 1.76. The summed E-state index contributed by atoms with van der Waals surface area (Å²) < 4.78 is 5.18. The van der Waals surface area contributed by atoms with Gasteiger partial charge < -0.3 is 10.1 Å². The van der Waals surface area contributed by atoms with Gasteiger partial charge in [0.1, 0.15) is 11.4 Å². The number of nitrogens with one attached hydrogen (secondary N) is 2. The molecule has 0 bridgehead atoms. The number of anilines is 1. The van der Waals surface area contributed by atoms with Gasteiger partial charge in [0.05, 0.1) is 7.11 Å². The first kappa shape index (κ1) is 11.4. The third kappa shape index (κ3) is 2.72. The summed E-state index contributed by atoms with van der Waals surface area (Å²) in [6.07, 6.45) is 9.30. The molecule has 0 spiro atoms. The summed E-state index contributed by atoms with van der Waals surface area (Å²) in [6.45, 7) is 0. The van der Waals surface area contributed by atoms with Gasteiger partial charge >= 0.3 is 0 Å². The highest BCUT2D eigenvalue weighted by molar-refractivity contribution is 5.61. The highest BCUT2D eigenvalue weighted by atomic mass is 16.5. The fourth-order valence-corrected chi connectivity index (χ4v) is 1.76. The Bertz CT molecular complexity index is 466. The molecule has 0 saturated carbocycles. The lowest BCUT2D eigenvalue weighted by Crippen LogP contribution is -2.16. The summed E-state index contributed by atoms with van der Waals surface area (Å²) in [5.74, 6) is 0.611. The molecule has 0 aliphatic heterocycles. The lowest BCUT2D eigenvalue weighted by atomic mass is 10.1. The van der Waals surface area contributed by atoms with Crippen LogP contribution in [0, 0.1) is 5.53 Å². The second-order valence-corrected chi connectivity index (χ2v) is 3.80. The van der Waals surface area contributed by atoms with Crippen LogP contribution in [-0.4, -0.2) is 13.2 Å². The molecule has 2 N–H and O–H groups in total. The largest absolute Gasteiger partial charge is 0.494 e. The van der Waals surface area contributed by atoms with E-state index < -0.39 is 0 Å². The fraction of sp³-hybridized carbons (Fsp3) is 0.231. The maximum absolute atomic E-state index is 7.02. The molecule has 0 saturated heterocycles. The van der Waals surface area contributed by atoms with Crippen molar-refractivity contribution in [2.75, 3.05) is 12.4 Å². The van der Waals surface area contributed by atoms with Crippen molar-refractivity contribution in [3.8, 4) is 5.75 Å². The molecule has 0 aromatic heterocycles. The van der Waals surface area contributed by atoms with E-state index >= 15 is 0 Å². The standard InChI is InChI=1S/C13H15N3O/c1-17-13-9-11(7-8-12(13)16-14)15-10-5-3-2-4-6-10/h2-5,7-10,14-15H,6H2,1H3. The molecule has 1 atom stereocenters. The van der Waals surface area contributed by atoms with Crippen LogP contribution in [-0.2, 0) is 0 Å². The van der Waals surface area contributed by atoms with E-state index in [4.69, 9.17) is 10.3 Å². The Labute approximate surface area is 101 Å². The number of methoxy groups -OCH3 is 1. The number of allylic oxidation sites excluding steroid dienone is 2. The summed E-state index contributed by atoms with van der Waals surface area (Å²) in [4.78, 5) is 0. The molecule has 88 valence electrons. The summed E-state index contributed by atoms with van der Waals surface area (Å²) >= 11 is 0. The highest BCUT2D eigenvalue weighted by Crippen LogP contribution is 2.30. The second kappa shape index (κ2) is 5.30. The first-order chi connectivity index (χ1) is 8.33. The van der Waals surface area contributed by atoms with Gasteiger partial charge in [0.2, 0.25) is 0 Å². The molecule has 0 amide bonds. The molecule has 2 rings (SSSR count). The SMILES string of the molecule is COc1cc(NC2C=CC=CC2)ccc1N=N. The van der Waals surface area contributed by atoms with E-state index in [1.165, 1.54) is 0 Å². The summed E-state index contributed by atoms with van der Waals surface area (Å²) in [7, 11) is 1.58. The van der Waals surface area contributed by atoms with Crippen LogP contribution in [0.5, 0.6) is 5.75 Å². The Kier molecular flexibility index (Phi) is 3.55. The normalized spacial score (nSPS) is 17.8. The van der Waals surface area contributed by atoms with Crippen LogP contribution < -0.4 is 10.1 Å². The molecule has 17 heavy (non-hydrogen) atoms. The predicted molar refractivity (Wildman–Crippen MR) is 68.1 cm³/mol. The van der Waals surface area contributed by atoms with Crippen molar-refractivity contribution in [3.05, 3.63) is 42.5 Å². The Morgan fingerprint density at radius 2 is 2.29 bits per heavy atom. The van der Waals surface area contributed by atoms with Gasteiger partial charge in [-0.1, -0.05) is 24.3 Å². The lowest BCUT2D eigenvalue weighted by molar-refractivity contribution is 0.416. The number of nitrogens with zero attached hydrogens (tertiary/aromatic N) is 1. The van der Waals surface area contributed by atoms with E-state index in [9.17, 15) is 0 Å². The Balaban J connectivity index is 2.13. The molecule has 1 aromatic carbocycles. The van der Waals surface area contributed by atoms with Crippen molar-refractivity contribution in [1.29, 1.82) is 5.53 Å². The van der Waals surface area contributed by atoms with Gasteiger partial charge in [-0.05, 0) is 18.6 Å². The van der Waals surface area contributed by atoms with Crippen molar-refractivity contribution < 1.29 is 4.74 Å². The molecular formula is C13H15N3O. The maximum Gasteiger partial charge on any atom is 0.148 e. The molecule has 1 aliphatic rings. The molecular weight excluding hydrogens is 214 g/mol. The summed E-state index contributed by atoms with van der Waals surface area (Å²) in [6, 6.07) is 5.85. The van der Waals surface area contributed by atoms with E-state index in [1.54, 1.807) is 13.2 Å². The molecule has 0 fully saturated rings. The van der Waals surface area contributed by atoms with Crippen molar-refractivity contribution in [2.24, 2.45) is 5.11 Å². The first-order valence-corrected chi connectivity index (χ1v) is 5.49. The van der Waals surface area contributed by atoms with Gasteiger partial charge in [0.15, 0.2) is 0 Å². The highest BCUT2D eigenvalue weighted by Gasteiger charge is 2.07. The van der Waals surface area contributed by atoms with Crippen LogP contribution >= 0.6 is 0 Å². The van der Waals surface area contributed by atoms with Gasteiger partial charge in [-0.3, -0.25) is 0 Å². The van der Waals surface area contributed by atoms with Crippen LogP contribution in [0.1, 0.15) is 6.42 Å². The number of benzene rings is 1. The number of hydrogen-bond acceptors (Lipinski definition) is 4. The van der Waals surface area contributed by atoms with E-state index in [2.05, 4.69) is 22.6 Å². The van der Waals surface area contributed by atoms with Crippen LogP contribution in [0.3, 0.4) is 0 Å². The van der Waals surface area contributed by atoms with Crippen molar-refractivity contribution in [3.63, 3.8) is 0 Å². The molecule has 0 radical (unpaired) electrons. The summed E-state index contributed by atoms with van der Waals surface area (Å²) in [5, 5.41) is 6.79. The average Bonchev–Trinajstić information content (AvgIpc) is 2.40. The zero-order valence-electron chi connectivity index (χ0n) is 9.68. The van der Waals surface area contributed by atoms with Gasteiger partial charge in [0, 0.05) is 17.8 Å². The zero-order chi connectivity index (χ0) is 12.1. The predicted octanol–water partition coefficient (Wildman–Crippen LogP) is 3.65. The molecule has 1 unspecified atom stereocenters. The van der Waals surface area contributed by atoms with E-state index in [0.29, 0.717) is 17.5 Å². The third-order valence-corrected chi connectivity index (χ3v) is 2.63. The van der Waals surface area contributed by atoms with Crippen molar-refractivity contribution >= 4 is 11.4 Å². The van der Waals surface area contributed by atoms with Gasteiger partial charge in [-0.2, -0.15) is 5.11 Å². The quantitative estimate of drug-likeness (QED) is 0.774. The number of ether oxygens (including phenoxy) is 1. The van der Waals surface area contributed by atoms with Crippen molar-refractivity contribution in [1.82, 2.24) is 0 Å². The van der Waals surface area contributed by atoms with E-state index in [0.717, 1.165) is 12.1 Å². The Morgan fingerprint density at radius 3 is 2.94 bits per heavy atom. The summed E-state index contributed by atoms with van der Waals surface area (Å²) in [5.41, 5.74) is 8.53. The first-order valence-electron chi connectivity index (χ1n) is 5.49. The molecule has 0 heterocycles. The smallest absolute Gasteiger partial charge is 0.148 e. The minimum Gasteiger partial charge on any atom is -0.494 e. The van der Waals surface area contributed by atoms with E-state index in [-0.39, 0.29) is 0 Å². The Hall–Kier alpha value is -2.10. The molecule has 1 aliphatic carbocycles. The molecule has 1 aromatic rings. The Morgan fingerprint density at radius 1 is 1.41 bits per heavy atom. The van der Waals surface area contributed by atoms with Crippen LogP contribution in [0.15, 0.2) is 47.6 Å². The van der Waals surface area contributed by atoms with Crippen LogP contribution in [0.25, 0.3) is 0 Å². The number of hydrogen-bond donors (Lipinski definition) is 2. The second-order valence-electron chi connectivity index (χ2n) is 3.80.